The highest BCUT2D eigenvalue weighted by atomic mass is 79.9. The Bertz CT molecular complexity index is 1040. The SMILES string of the molecule is O=C(Nc1cccc(C(=O)N2CCCc3cc(Br)ccc32)c1)c1cccnc1. The summed E-state index contributed by atoms with van der Waals surface area (Å²) in [4.78, 5) is 31.3. The summed E-state index contributed by atoms with van der Waals surface area (Å²) in [7, 11) is 0. The number of fused-ring (bicyclic) bond motifs is 1. The number of hydrogen-bond acceptors (Lipinski definition) is 3. The molecule has 0 bridgehead atoms. The number of pyridine rings is 1. The van der Waals surface area contributed by atoms with E-state index >= 15 is 0 Å². The average Bonchev–Trinajstić information content (AvgIpc) is 2.73. The van der Waals surface area contributed by atoms with Crippen molar-refractivity contribution in [2.24, 2.45) is 0 Å². The van der Waals surface area contributed by atoms with Crippen molar-refractivity contribution in [1.29, 1.82) is 0 Å². The zero-order chi connectivity index (χ0) is 19.5. The Morgan fingerprint density at radius 1 is 1.04 bits per heavy atom. The minimum absolute atomic E-state index is 0.0688. The van der Waals surface area contributed by atoms with Crippen molar-refractivity contribution < 1.29 is 9.59 Å². The Morgan fingerprint density at radius 2 is 1.89 bits per heavy atom. The van der Waals surface area contributed by atoms with Crippen molar-refractivity contribution in [3.05, 3.63) is 88.2 Å². The van der Waals surface area contributed by atoms with Gasteiger partial charge in [0.15, 0.2) is 0 Å². The quantitative estimate of drug-likeness (QED) is 0.648. The lowest BCUT2D eigenvalue weighted by Gasteiger charge is -2.30. The van der Waals surface area contributed by atoms with E-state index in [-0.39, 0.29) is 11.8 Å². The number of benzene rings is 2. The molecule has 0 saturated heterocycles. The van der Waals surface area contributed by atoms with Crippen molar-refractivity contribution in [2.45, 2.75) is 12.8 Å². The molecule has 0 fully saturated rings. The van der Waals surface area contributed by atoms with E-state index in [1.54, 1.807) is 42.6 Å². The highest BCUT2D eigenvalue weighted by molar-refractivity contribution is 9.10. The van der Waals surface area contributed by atoms with Crippen molar-refractivity contribution in [2.75, 3.05) is 16.8 Å². The average molecular weight is 436 g/mol. The van der Waals surface area contributed by atoms with E-state index in [1.807, 2.05) is 17.0 Å². The Balaban J connectivity index is 1.57. The molecule has 0 aliphatic carbocycles. The van der Waals surface area contributed by atoms with Gasteiger partial charge in [0.2, 0.25) is 0 Å². The fourth-order valence-corrected chi connectivity index (χ4v) is 3.77. The highest BCUT2D eigenvalue weighted by Crippen LogP contribution is 2.31. The molecule has 4 rings (SSSR count). The van der Waals surface area contributed by atoms with E-state index in [2.05, 4.69) is 32.3 Å². The van der Waals surface area contributed by atoms with Crippen LogP contribution in [0.1, 0.15) is 32.7 Å². The summed E-state index contributed by atoms with van der Waals surface area (Å²) in [5, 5.41) is 2.83. The molecule has 2 heterocycles. The topological polar surface area (TPSA) is 62.3 Å². The molecule has 140 valence electrons. The molecule has 0 atom stereocenters. The number of aromatic nitrogens is 1. The summed E-state index contributed by atoms with van der Waals surface area (Å²) in [6, 6.07) is 16.4. The van der Waals surface area contributed by atoms with Gasteiger partial charge in [-0.15, -0.1) is 0 Å². The first kappa shape index (κ1) is 18.4. The lowest BCUT2D eigenvalue weighted by molar-refractivity contribution is 0.0982. The number of rotatable bonds is 3. The number of carbonyl (C=O) groups excluding carboxylic acids is 2. The largest absolute Gasteiger partial charge is 0.322 e. The standard InChI is InChI=1S/C22H18BrN3O2/c23-18-8-9-20-15(12-18)6-3-11-26(20)22(28)16-4-1-7-19(13-16)25-21(27)17-5-2-10-24-14-17/h1-2,4-5,7-10,12-14H,3,6,11H2,(H,25,27). The summed E-state index contributed by atoms with van der Waals surface area (Å²) in [6.45, 7) is 0.680. The van der Waals surface area contributed by atoms with Crippen LogP contribution in [0.15, 0.2) is 71.5 Å². The van der Waals surface area contributed by atoms with Crippen LogP contribution in [0.2, 0.25) is 0 Å². The van der Waals surface area contributed by atoms with Gasteiger partial charge in [0, 0.05) is 40.3 Å². The van der Waals surface area contributed by atoms with Crippen molar-refractivity contribution in [1.82, 2.24) is 4.98 Å². The zero-order valence-corrected chi connectivity index (χ0v) is 16.6. The number of aryl methyl sites for hydroxylation is 1. The Hall–Kier alpha value is -2.99. The smallest absolute Gasteiger partial charge is 0.258 e. The van der Waals surface area contributed by atoms with Gasteiger partial charge in [-0.2, -0.15) is 0 Å². The van der Waals surface area contributed by atoms with Crippen molar-refractivity contribution >= 4 is 39.1 Å². The van der Waals surface area contributed by atoms with Crippen LogP contribution < -0.4 is 10.2 Å². The maximum absolute atomic E-state index is 13.1. The molecule has 0 saturated carbocycles. The maximum Gasteiger partial charge on any atom is 0.258 e. The third kappa shape index (κ3) is 3.82. The number of nitrogens with zero attached hydrogens (tertiary/aromatic N) is 2. The van der Waals surface area contributed by atoms with Gasteiger partial charge in [0.05, 0.1) is 5.56 Å². The first-order chi connectivity index (χ1) is 13.6. The number of halogens is 1. The summed E-state index contributed by atoms with van der Waals surface area (Å²) in [5.74, 6) is -0.327. The van der Waals surface area contributed by atoms with Gasteiger partial charge in [-0.3, -0.25) is 14.6 Å². The molecule has 3 aromatic rings. The van der Waals surface area contributed by atoms with Gasteiger partial charge >= 0.3 is 0 Å². The molecule has 1 aromatic heterocycles. The van der Waals surface area contributed by atoms with E-state index in [1.165, 1.54) is 6.20 Å². The van der Waals surface area contributed by atoms with Gasteiger partial charge in [-0.05, 0) is 66.9 Å². The second-order valence-corrected chi connectivity index (χ2v) is 7.53. The fraction of sp³-hybridized carbons (Fsp3) is 0.136. The molecule has 2 aromatic carbocycles. The Morgan fingerprint density at radius 3 is 2.71 bits per heavy atom. The molecule has 1 aliphatic heterocycles. The van der Waals surface area contributed by atoms with Crippen LogP contribution in [-0.4, -0.2) is 23.3 Å². The van der Waals surface area contributed by atoms with E-state index < -0.39 is 0 Å². The molecule has 1 aliphatic rings. The monoisotopic (exact) mass is 435 g/mol. The highest BCUT2D eigenvalue weighted by Gasteiger charge is 2.24. The lowest BCUT2D eigenvalue weighted by atomic mass is 10.0. The maximum atomic E-state index is 13.1. The molecule has 0 unspecified atom stereocenters. The van der Waals surface area contributed by atoms with Crippen LogP contribution in [0.25, 0.3) is 0 Å². The van der Waals surface area contributed by atoms with Gasteiger partial charge in [-0.1, -0.05) is 22.0 Å². The van der Waals surface area contributed by atoms with Crippen LogP contribution in [0.5, 0.6) is 0 Å². The molecule has 0 radical (unpaired) electrons. The first-order valence-corrected chi connectivity index (χ1v) is 9.83. The molecule has 5 nitrogen and oxygen atoms in total. The van der Waals surface area contributed by atoms with Crippen molar-refractivity contribution in [3.63, 3.8) is 0 Å². The third-order valence-corrected chi connectivity index (χ3v) is 5.19. The molecule has 1 N–H and O–H groups in total. The van der Waals surface area contributed by atoms with E-state index in [9.17, 15) is 9.59 Å². The number of hydrogen-bond donors (Lipinski definition) is 1. The third-order valence-electron chi connectivity index (χ3n) is 4.70. The van der Waals surface area contributed by atoms with Gasteiger partial charge in [0.25, 0.3) is 11.8 Å². The summed E-state index contributed by atoms with van der Waals surface area (Å²) < 4.78 is 1.01. The number of carbonyl (C=O) groups is 2. The van der Waals surface area contributed by atoms with Crippen LogP contribution in [0.4, 0.5) is 11.4 Å². The Kier molecular flexibility index (Phi) is 5.21. The van der Waals surface area contributed by atoms with Crippen LogP contribution >= 0.6 is 15.9 Å². The van der Waals surface area contributed by atoms with E-state index in [0.29, 0.717) is 23.4 Å². The summed E-state index contributed by atoms with van der Waals surface area (Å²) in [6.07, 6.45) is 5.00. The number of amides is 2. The second-order valence-electron chi connectivity index (χ2n) is 6.61. The molecule has 6 heteroatoms. The molecule has 0 spiro atoms. The van der Waals surface area contributed by atoms with Crippen LogP contribution in [-0.2, 0) is 6.42 Å². The Labute approximate surface area is 171 Å². The first-order valence-electron chi connectivity index (χ1n) is 9.03. The minimum atomic E-state index is -0.258. The van der Waals surface area contributed by atoms with E-state index in [0.717, 1.165) is 28.6 Å². The van der Waals surface area contributed by atoms with Crippen LogP contribution in [0.3, 0.4) is 0 Å². The summed E-state index contributed by atoms with van der Waals surface area (Å²) in [5.41, 5.74) is 3.70. The lowest BCUT2D eigenvalue weighted by Crippen LogP contribution is -2.35. The van der Waals surface area contributed by atoms with Crippen molar-refractivity contribution in [3.8, 4) is 0 Å². The minimum Gasteiger partial charge on any atom is -0.322 e. The molecular formula is C22H18BrN3O2. The van der Waals surface area contributed by atoms with Crippen LogP contribution in [0, 0.1) is 0 Å². The number of anilines is 2. The normalized spacial score (nSPS) is 13.0. The second kappa shape index (κ2) is 7.94. The predicted octanol–water partition coefficient (Wildman–Crippen LogP) is 4.69. The van der Waals surface area contributed by atoms with Gasteiger partial charge in [0.1, 0.15) is 0 Å². The van der Waals surface area contributed by atoms with E-state index in [4.69, 9.17) is 0 Å². The molecule has 2 amide bonds. The number of nitrogens with one attached hydrogen (secondary N) is 1. The van der Waals surface area contributed by atoms with Gasteiger partial charge in [-0.25, -0.2) is 0 Å². The predicted molar refractivity (Wildman–Crippen MR) is 113 cm³/mol. The fourth-order valence-electron chi connectivity index (χ4n) is 3.36. The molecular weight excluding hydrogens is 418 g/mol. The summed E-state index contributed by atoms with van der Waals surface area (Å²) >= 11 is 3.50. The van der Waals surface area contributed by atoms with Gasteiger partial charge < -0.3 is 10.2 Å². The zero-order valence-electron chi connectivity index (χ0n) is 15.1. The molecule has 28 heavy (non-hydrogen) atoms.